The first kappa shape index (κ1) is 27.4. The Hall–Kier alpha value is -2.74. The van der Waals surface area contributed by atoms with Gasteiger partial charge in [0.2, 0.25) is 5.91 Å². The highest BCUT2D eigenvalue weighted by Gasteiger charge is 2.56. The van der Waals surface area contributed by atoms with E-state index in [0.29, 0.717) is 37.2 Å². The topological polar surface area (TPSA) is 55.4 Å². The molecule has 2 saturated heterocycles. The van der Waals surface area contributed by atoms with Gasteiger partial charge in [0.05, 0.1) is 25.1 Å². The maximum Gasteiger partial charge on any atom is 0.422 e. The molecular formula is C32H40F3N2O3+. The van der Waals surface area contributed by atoms with Crippen LogP contribution in [0.1, 0.15) is 68.4 Å². The van der Waals surface area contributed by atoms with Crippen LogP contribution < -0.4 is 14.8 Å². The third-order valence-corrected chi connectivity index (χ3v) is 9.97. The van der Waals surface area contributed by atoms with Crippen LogP contribution in [-0.4, -0.2) is 55.9 Å². The van der Waals surface area contributed by atoms with Crippen molar-refractivity contribution in [2.24, 2.45) is 11.8 Å². The van der Waals surface area contributed by atoms with Crippen LogP contribution in [0.4, 0.5) is 13.2 Å². The number of carbonyl (C=O) groups is 1. The molecule has 40 heavy (non-hydrogen) atoms. The molecule has 0 aromatic heterocycles. The van der Waals surface area contributed by atoms with Gasteiger partial charge in [-0.15, -0.1) is 0 Å². The number of amides is 1. The molecule has 1 amide bonds. The molecule has 0 unspecified atom stereocenters. The fourth-order valence-electron chi connectivity index (χ4n) is 8.05. The van der Waals surface area contributed by atoms with E-state index in [-0.39, 0.29) is 23.6 Å². The standard InChI is InChI=1S/C32H39F3N2O3/c33-32(34,35)21-40-28-13-7-12-25-29(28)39-17-15-31(25)20-36-19-26(31)30(38)37-16-14-24(22-8-3-1-4-9-22)18-27(37)23-10-5-2-6-11-23/h1,3-4,7-9,12-13,23-24,26-27,36H,2,5-6,10-11,14-21H2/p+1/t24-,26+,27+,31+/m1/s1. The van der Waals surface area contributed by atoms with Crippen molar-refractivity contribution in [3.8, 4) is 11.5 Å². The van der Waals surface area contributed by atoms with Gasteiger partial charge in [0.25, 0.3) is 0 Å². The zero-order valence-electron chi connectivity index (χ0n) is 23.0. The van der Waals surface area contributed by atoms with E-state index < -0.39 is 18.2 Å². The van der Waals surface area contributed by atoms with Crippen molar-refractivity contribution in [3.05, 3.63) is 59.7 Å². The Kier molecular flexibility index (Phi) is 7.73. The predicted octanol–water partition coefficient (Wildman–Crippen LogP) is 5.20. The minimum absolute atomic E-state index is 0.107. The third kappa shape index (κ3) is 5.31. The van der Waals surface area contributed by atoms with Gasteiger partial charge in [-0.05, 0) is 55.6 Å². The van der Waals surface area contributed by atoms with Crippen molar-refractivity contribution in [2.45, 2.75) is 74.9 Å². The highest BCUT2D eigenvalue weighted by atomic mass is 19.4. The van der Waals surface area contributed by atoms with Crippen LogP contribution >= 0.6 is 0 Å². The van der Waals surface area contributed by atoms with Crippen molar-refractivity contribution in [1.29, 1.82) is 0 Å². The summed E-state index contributed by atoms with van der Waals surface area (Å²) in [4.78, 5) is 16.8. The van der Waals surface area contributed by atoms with E-state index in [9.17, 15) is 18.0 Å². The lowest BCUT2D eigenvalue weighted by molar-refractivity contribution is -0.640. The number of hydrogen-bond acceptors (Lipinski definition) is 3. The lowest BCUT2D eigenvalue weighted by atomic mass is 9.67. The average Bonchev–Trinajstić information content (AvgIpc) is 3.40. The first-order chi connectivity index (χ1) is 19.4. The predicted molar refractivity (Wildman–Crippen MR) is 145 cm³/mol. The fourth-order valence-corrected chi connectivity index (χ4v) is 8.05. The molecule has 2 N–H and O–H groups in total. The molecular weight excluding hydrogens is 517 g/mol. The Bertz CT molecular complexity index is 1180. The summed E-state index contributed by atoms with van der Waals surface area (Å²) in [5.74, 6) is 1.43. The normalized spacial score (nSPS) is 29.2. The Morgan fingerprint density at radius 3 is 2.62 bits per heavy atom. The van der Waals surface area contributed by atoms with Crippen LogP contribution in [0.25, 0.3) is 0 Å². The summed E-state index contributed by atoms with van der Waals surface area (Å²) >= 11 is 0. The van der Waals surface area contributed by atoms with Gasteiger partial charge in [-0.3, -0.25) is 4.79 Å². The number of nitrogens with zero attached hydrogens (tertiary/aromatic N) is 1. The maximum absolute atomic E-state index is 14.6. The lowest BCUT2D eigenvalue weighted by Gasteiger charge is -2.47. The zero-order chi connectivity index (χ0) is 27.7. The Morgan fingerprint density at radius 1 is 1.05 bits per heavy atom. The number of likely N-dealkylation sites (tertiary alicyclic amines) is 1. The van der Waals surface area contributed by atoms with Gasteiger partial charge in [0.15, 0.2) is 18.1 Å². The molecule has 3 heterocycles. The number of hydrogen-bond donors (Lipinski definition) is 1. The van der Waals surface area contributed by atoms with Gasteiger partial charge >= 0.3 is 6.18 Å². The fraction of sp³-hybridized carbons (Fsp3) is 0.594. The molecule has 0 bridgehead atoms. The van der Waals surface area contributed by atoms with E-state index in [0.717, 1.165) is 31.5 Å². The number of benzene rings is 2. The van der Waals surface area contributed by atoms with Crippen molar-refractivity contribution in [2.75, 3.05) is 32.8 Å². The van der Waals surface area contributed by atoms with Gasteiger partial charge in [-0.25, -0.2) is 0 Å². The number of nitrogens with two attached hydrogens (primary N) is 1. The van der Waals surface area contributed by atoms with Gasteiger partial charge < -0.3 is 19.7 Å². The highest BCUT2D eigenvalue weighted by molar-refractivity contribution is 5.82. The molecule has 0 radical (unpaired) electrons. The second kappa shape index (κ2) is 11.3. The van der Waals surface area contributed by atoms with Crippen LogP contribution in [0.15, 0.2) is 48.5 Å². The summed E-state index contributed by atoms with van der Waals surface area (Å²) in [6.07, 6.45) is 4.27. The first-order valence-electron chi connectivity index (χ1n) is 15.0. The number of fused-ring (bicyclic) bond motifs is 2. The smallest absolute Gasteiger partial charge is 0.422 e. The second-order valence-electron chi connectivity index (χ2n) is 12.2. The van der Waals surface area contributed by atoms with Gasteiger partial charge in [0, 0.05) is 18.2 Å². The van der Waals surface area contributed by atoms with Gasteiger partial charge in [0.1, 0.15) is 5.92 Å². The highest BCUT2D eigenvalue weighted by Crippen LogP contribution is 2.50. The van der Waals surface area contributed by atoms with Crippen LogP contribution in [0.5, 0.6) is 11.5 Å². The summed E-state index contributed by atoms with van der Waals surface area (Å²) in [6, 6.07) is 16.1. The van der Waals surface area contributed by atoms with Crippen LogP contribution in [0.2, 0.25) is 0 Å². The molecule has 1 aliphatic carbocycles. The molecule has 1 spiro atoms. The van der Waals surface area contributed by atoms with Crippen molar-refractivity contribution in [3.63, 3.8) is 0 Å². The summed E-state index contributed by atoms with van der Waals surface area (Å²) in [7, 11) is 0. The van der Waals surface area contributed by atoms with E-state index >= 15 is 0 Å². The molecule has 2 aromatic rings. The molecule has 3 aliphatic heterocycles. The zero-order valence-corrected chi connectivity index (χ0v) is 23.0. The van der Waals surface area contributed by atoms with Crippen molar-refractivity contribution < 1.29 is 32.8 Å². The summed E-state index contributed by atoms with van der Waals surface area (Å²) < 4.78 is 49.9. The largest absolute Gasteiger partial charge is 0.489 e. The average molecular weight is 558 g/mol. The quantitative estimate of drug-likeness (QED) is 0.550. The van der Waals surface area contributed by atoms with E-state index in [1.165, 1.54) is 43.7 Å². The van der Waals surface area contributed by atoms with Crippen LogP contribution in [0, 0.1) is 11.8 Å². The lowest BCUT2D eigenvalue weighted by Crippen LogP contribution is -2.82. The van der Waals surface area contributed by atoms with E-state index in [1.54, 1.807) is 6.07 Å². The van der Waals surface area contributed by atoms with E-state index in [1.807, 2.05) is 6.07 Å². The van der Waals surface area contributed by atoms with E-state index in [2.05, 4.69) is 40.5 Å². The first-order valence-corrected chi connectivity index (χ1v) is 15.0. The summed E-state index contributed by atoms with van der Waals surface area (Å²) in [5, 5.41) is 2.20. The Morgan fingerprint density at radius 2 is 1.85 bits per heavy atom. The maximum atomic E-state index is 14.6. The van der Waals surface area contributed by atoms with Crippen LogP contribution in [0.3, 0.4) is 0 Å². The molecule has 1 saturated carbocycles. The monoisotopic (exact) mass is 557 g/mol. The second-order valence-corrected chi connectivity index (χ2v) is 12.2. The van der Waals surface area contributed by atoms with Crippen molar-refractivity contribution in [1.82, 2.24) is 4.90 Å². The molecule has 2 aromatic carbocycles. The Balaban J connectivity index is 1.29. The number of halogens is 3. The molecule has 4 atom stereocenters. The molecule has 4 aliphatic rings. The number of alkyl halides is 3. The summed E-state index contributed by atoms with van der Waals surface area (Å²) in [5.41, 5.74) is 1.71. The number of rotatable bonds is 5. The van der Waals surface area contributed by atoms with Gasteiger partial charge in [-0.1, -0.05) is 61.7 Å². The molecule has 216 valence electrons. The third-order valence-electron chi connectivity index (χ3n) is 9.97. The SMILES string of the molecule is O=C([C@@H]1C[NH2+]C[C@]12CCOc1c(OCC(F)(F)F)cccc12)N1CC[C@@H](c2ccccc2)C[C@H]1C1CCCCC1. The number of para-hydroxylation sites is 1. The molecule has 5 nitrogen and oxygen atoms in total. The minimum atomic E-state index is -4.44. The van der Waals surface area contributed by atoms with Crippen molar-refractivity contribution >= 4 is 5.91 Å². The number of ether oxygens (including phenoxy) is 2. The number of piperidine rings is 1. The number of quaternary nitrogens is 1. The number of carbonyl (C=O) groups excluding carboxylic acids is 1. The molecule has 6 rings (SSSR count). The Labute approximate surface area is 234 Å². The van der Waals surface area contributed by atoms with Gasteiger partial charge in [-0.2, -0.15) is 13.2 Å². The molecule has 8 heteroatoms. The minimum Gasteiger partial charge on any atom is -0.489 e. The summed E-state index contributed by atoms with van der Waals surface area (Å²) in [6.45, 7) is 1.15. The van der Waals surface area contributed by atoms with E-state index in [4.69, 9.17) is 9.47 Å². The van der Waals surface area contributed by atoms with Crippen LogP contribution in [-0.2, 0) is 10.2 Å². The molecule has 3 fully saturated rings.